The number of imide groups is 2. The summed E-state index contributed by atoms with van der Waals surface area (Å²) in [7, 11) is 0. The first-order valence-corrected chi connectivity index (χ1v) is 9.86. The van der Waals surface area contributed by atoms with Crippen LogP contribution in [0.25, 0.3) is 6.08 Å². The van der Waals surface area contributed by atoms with E-state index in [9.17, 15) is 19.2 Å². The van der Waals surface area contributed by atoms with Crippen LogP contribution in [0.15, 0.2) is 54.1 Å². The highest BCUT2D eigenvalue weighted by Gasteiger charge is 2.36. The summed E-state index contributed by atoms with van der Waals surface area (Å²) in [5.41, 5.74) is 0.926. The molecule has 1 saturated heterocycles. The number of barbiturate groups is 1. The Morgan fingerprint density at radius 1 is 1.00 bits per heavy atom. The molecule has 1 N–H and O–H groups in total. The molecule has 0 unspecified atom stereocenters. The number of hydrogen-bond donors (Lipinski definition) is 1. The molecule has 0 aromatic heterocycles. The molecule has 0 bridgehead atoms. The van der Waals surface area contributed by atoms with Gasteiger partial charge in [-0.05, 0) is 61.4 Å². The fourth-order valence-electron chi connectivity index (χ4n) is 2.90. The molecule has 3 rings (SSSR count). The van der Waals surface area contributed by atoms with Crippen LogP contribution in [-0.4, -0.2) is 37.0 Å². The Kier molecular flexibility index (Phi) is 6.81. The first-order valence-electron chi connectivity index (χ1n) is 9.86. The zero-order valence-corrected chi connectivity index (χ0v) is 17.2. The maximum absolute atomic E-state index is 12.9. The van der Waals surface area contributed by atoms with Gasteiger partial charge in [0.15, 0.2) is 0 Å². The van der Waals surface area contributed by atoms with Gasteiger partial charge in [0.1, 0.15) is 11.3 Å². The third-order valence-electron chi connectivity index (χ3n) is 4.40. The van der Waals surface area contributed by atoms with E-state index in [2.05, 4.69) is 5.32 Å². The molecular weight excluding hydrogens is 400 g/mol. The lowest BCUT2D eigenvalue weighted by molar-refractivity contribution is -0.122. The van der Waals surface area contributed by atoms with E-state index in [0.29, 0.717) is 17.9 Å². The molecule has 8 heteroatoms. The Bertz CT molecular complexity index is 1030. The SMILES string of the molecule is CCCOc1ccc(/C=C2\C(=O)NC(=O)N(c3ccc(C(=O)OCC)cc3)C2=O)cc1. The maximum atomic E-state index is 12.9. The highest BCUT2D eigenvalue weighted by molar-refractivity contribution is 6.39. The average Bonchev–Trinajstić information content (AvgIpc) is 2.76. The van der Waals surface area contributed by atoms with Crippen molar-refractivity contribution in [1.29, 1.82) is 0 Å². The molecule has 1 fully saturated rings. The molecule has 8 nitrogen and oxygen atoms in total. The van der Waals surface area contributed by atoms with E-state index in [1.54, 1.807) is 31.2 Å². The Balaban J connectivity index is 1.84. The number of carbonyl (C=O) groups excluding carboxylic acids is 4. The number of rotatable bonds is 7. The number of hydrogen-bond acceptors (Lipinski definition) is 6. The number of carbonyl (C=O) groups is 4. The van der Waals surface area contributed by atoms with Crippen LogP contribution < -0.4 is 15.0 Å². The lowest BCUT2D eigenvalue weighted by Crippen LogP contribution is -2.54. The second kappa shape index (κ2) is 9.71. The minimum Gasteiger partial charge on any atom is -0.494 e. The largest absolute Gasteiger partial charge is 0.494 e. The standard InChI is InChI=1S/C23H22N2O6/c1-3-13-31-18-11-5-15(6-12-18)14-19-20(26)24-23(29)25(21(19)27)17-9-7-16(8-10-17)22(28)30-4-2/h5-12,14H,3-4,13H2,1-2H3,(H,24,26,29)/b19-14+. The fourth-order valence-corrected chi connectivity index (χ4v) is 2.90. The summed E-state index contributed by atoms with van der Waals surface area (Å²) in [5.74, 6) is -1.36. The van der Waals surface area contributed by atoms with Gasteiger partial charge < -0.3 is 9.47 Å². The van der Waals surface area contributed by atoms with E-state index in [1.165, 1.54) is 30.3 Å². The quantitative estimate of drug-likeness (QED) is 0.417. The summed E-state index contributed by atoms with van der Waals surface area (Å²) in [4.78, 5) is 50.2. The summed E-state index contributed by atoms with van der Waals surface area (Å²) in [5, 5.41) is 2.17. The number of urea groups is 1. The summed E-state index contributed by atoms with van der Waals surface area (Å²) in [6.07, 6.45) is 2.29. The zero-order chi connectivity index (χ0) is 22.4. The molecule has 0 aliphatic carbocycles. The van der Waals surface area contributed by atoms with Gasteiger partial charge in [0.25, 0.3) is 11.8 Å². The number of ether oxygens (including phenoxy) is 2. The molecule has 1 aliphatic heterocycles. The van der Waals surface area contributed by atoms with Crippen LogP contribution >= 0.6 is 0 Å². The Labute approximate surface area is 179 Å². The zero-order valence-electron chi connectivity index (χ0n) is 17.2. The summed E-state index contributed by atoms with van der Waals surface area (Å²) in [6, 6.07) is 11.8. The van der Waals surface area contributed by atoms with Crippen molar-refractivity contribution in [1.82, 2.24) is 5.32 Å². The van der Waals surface area contributed by atoms with Crippen molar-refractivity contribution in [2.24, 2.45) is 0 Å². The topological polar surface area (TPSA) is 102 Å². The van der Waals surface area contributed by atoms with Crippen LogP contribution in [0.5, 0.6) is 5.75 Å². The smallest absolute Gasteiger partial charge is 0.338 e. The second-order valence-corrected chi connectivity index (χ2v) is 6.64. The van der Waals surface area contributed by atoms with Gasteiger partial charge in [-0.2, -0.15) is 0 Å². The van der Waals surface area contributed by atoms with E-state index in [-0.39, 0.29) is 23.4 Å². The lowest BCUT2D eigenvalue weighted by atomic mass is 10.1. The van der Waals surface area contributed by atoms with Gasteiger partial charge >= 0.3 is 12.0 Å². The summed E-state index contributed by atoms with van der Waals surface area (Å²) in [6.45, 7) is 4.52. The fraction of sp³-hybridized carbons (Fsp3) is 0.217. The molecule has 0 radical (unpaired) electrons. The van der Waals surface area contributed by atoms with Crippen molar-refractivity contribution in [3.8, 4) is 5.75 Å². The van der Waals surface area contributed by atoms with Crippen LogP contribution in [-0.2, 0) is 14.3 Å². The molecule has 0 atom stereocenters. The van der Waals surface area contributed by atoms with E-state index in [0.717, 1.165) is 11.3 Å². The van der Waals surface area contributed by atoms with Gasteiger partial charge in [-0.25, -0.2) is 14.5 Å². The average molecular weight is 422 g/mol. The number of benzene rings is 2. The predicted molar refractivity (Wildman–Crippen MR) is 114 cm³/mol. The molecule has 1 heterocycles. The Morgan fingerprint density at radius 2 is 1.68 bits per heavy atom. The van der Waals surface area contributed by atoms with E-state index in [1.807, 2.05) is 6.92 Å². The number of nitrogens with one attached hydrogen (secondary N) is 1. The monoisotopic (exact) mass is 422 g/mol. The van der Waals surface area contributed by atoms with Crippen LogP contribution in [0, 0.1) is 0 Å². The van der Waals surface area contributed by atoms with Crippen molar-refractivity contribution in [3.05, 3.63) is 65.2 Å². The van der Waals surface area contributed by atoms with Crippen LogP contribution in [0.3, 0.4) is 0 Å². The molecule has 4 amide bonds. The number of nitrogens with zero attached hydrogens (tertiary/aromatic N) is 1. The third-order valence-corrected chi connectivity index (χ3v) is 4.40. The van der Waals surface area contributed by atoms with Crippen molar-refractivity contribution in [2.75, 3.05) is 18.1 Å². The molecule has 2 aromatic rings. The number of esters is 1. The highest BCUT2D eigenvalue weighted by Crippen LogP contribution is 2.23. The molecule has 2 aromatic carbocycles. The first kappa shape index (κ1) is 21.8. The van der Waals surface area contributed by atoms with Gasteiger partial charge in [0.05, 0.1) is 24.5 Å². The van der Waals surface area contributed by atoms with E-state index in [4.69, 9.17) is 9.47 Å². The van der Waals surface area contributed by atoms with Crippen molar-refractivity contribution >= 4 is 35.6 Å². The van der Waals surface area contributed by atoms with E-state index < -0.39 is 23.8 Å². The second-order valence-electron chi connectivity index (χ2n) is 6.64. The Morgan fingerprint density at radius 3 is 2.29 bits per heavy atom. The third kappa shape index (κ3) is 4.98. The number of anilines is 1. The molecule has 0 spiro atoms. The normalized spacial score (nSPS) is 15.1. The molecule has 1 aliphatic rings. The molecular formula is C23H22N2O6. The van der Waals surface area contributed by atoms with E-state index >= 15 is 0 Å². The summed E-state index contributed by atoms with van der Waals surface area (Å²) >= 11 is 0. The predicted octanol–water partition coefficient (Wildman–Crippen LogP) is 3.32. The van der Waals surface area contributed by atoms with Crippen molar-refractivity contribution in [2.45, 2.75) is 20.3 Å². The van der Waals surface area contributed by atoms with Gasteiger partial charge in [-0.3, -0.25) is 14.9 Å². The highest BCUT2D eigenvalue weighted by atomic mass is 16.5. The van der Waals surface area contributed by atoms with Gasteiger partial charge in [0.2, 0.25) is 0 Å². The summed E-state index contributed by atoms with van der Waals surface area (Å²) < 4.78 is 10.4. The minimum absolute atomic E-state index is 0.184. The van der Waals surface area contributed by atoms with Crippen molar-refractivity contribution in [3.63, 3.8) is 0 Å². The van der Waals surface area contributed by atoms with Crippen LogP contribution in [0.4, 0.5) is 10.5 Å². The van der Waals surface area contributed by atoms with Crippen LogP contribution in [0.1, 0.15) is 36.2 Å². The molecule has 31 heavy (non-hydrogen) atoms. The van der Waals surface area contributed by atoms with Gasteiger partial charge in [-0.15, -0.1) is 0 Å². The van der Waals surface area contributed by atoms with Gasteiger partial charge in [0, 0.05) is 0 Å². The Hall–Kier alpha value is -3.94. The minimum atomic E-state index is -0.862. The first-order chi connectivity index (χ1) is 14.9. The lowest BCUT2D eigenvalue weighted by Gasteiger charge is -2.26. The maximum Gasteiger partial charge on any atom is 0.338 e. The van der Waals surface area contributed by atoms with Crippen molar-refractivity contribution < 1.29 is 28.7 Å². The van der Waals surface area contributed by atoms with Gasteiger partial charge in [-0.1, -0.05) is 19.1 Å². The molecule has 160 valence electrons. The number of amides is 4. The molecule has 0 saturated carbocycles. The van der Waals surface area contributed by atoms with Crippen LogP contribution in [0.2, 0.25) is 0 Å².